The van der Waals surface area contributed by atoms with E-state index >= 15 is 0 Å². The first-order chi connectivity index (χ1) is 11.5. The fraction of sp³-hybridized carbons (Fsp3) is 0.588. The Bertz CT molecular complexity index is 584. The van der Waals surface area contributed by atoms with Crippen molar-refractivity contribution in [2.24, 2.45) is 0 Å². The third-order valence-electron chi connectivity index (χ3n) is 4.42. The molecule has 3 rings (SSSR count). The Hall–Kier alpha value is -0.880. The molecule has 0 aliphatic carbocycles. The van der Waals surface area contributed by atoms with Crippen molar-refractivity contribution < 1.29 is 18.7 Å². The van der Waals surface area contributed by atoms with Crippen LogP contribution in [-0.4, -0.2) is 49.3 Å². The molecule has 0 aromatic heterocycles. The van der Waals surface area contributed by atoms with Crippen LogP contribution in [0.3, 0.4) is 0 Å². The first-order valence-electron chi connectivity index (χ1n) is 8.21. The largest absolute Gasteiger partial charge is 0.376 e. The Morgan fingerprint density at radius 2 is 1.67 bits per heavy atom. The lowest BCUT2D eigenvalue weighted by molar-refractivity contribution is 0.0307. The zero-order valence-corrected chi connectivity index (χ0v) is 14.8. The molecule has 2 aliphatic rings. The van der Waals surface area contributed by atoms with E-state index in [1.165, 1.54) is 6.07 Å². The van der Waals surface area contributed by atoms with Crippen LogP contribution in [0.15, 0.2) is 12.1 Å². The van der Waals surface area contributed by atoms with Gasteiger partial charge in [0.15, 0.2) is 0 Å². The molecule has 0 bridgehead atoms. The Balaban J connectivity index is 1.79. The molecular weight excluding hydrogens is 356 g/mol. The summed E-state index contributed by atoms with van der Waals surface area (Å²) >= 11 is 11.8. The topological polar surface area (TPSA) is 38.8 Å². The van der Waals surface area contributed by atoms with Crippen molar-refractivity contribution in [1.82, 2.24) is 4.90 Å². The van der Waals surface area contributed by atoms with Crippen molar-refractivity contribution in [3.05, 3.63) is 33.6 Å². The lowest BCUT2D eigenvalue weighted by atomic mass is 10.1. The summed E-state index contributed by atoms with van der Waals surface area (Å²) in [5.74, 6) is -0.972. The maximum Gasteiger partial charge on any atom is 0.255 e. The van der Waals surface area contributed by atoms with Crippen LogP contribution in [0.25, 0.3) is 0 Å². The molecule has 0 unspecified atom stereocenters. The second-order valence-electron chi connectivity index (χ2n) is 6.23. The Kier molecular flexibility index (Phi) is 5.98. The van der Waals surface area contributed by atoms with Crippen molar-refractivity contribution in [3.63, 3.8) is 0 Å². The highest BCUT2D eigenvalue weighted by atomic mass is 35.5. The number of benzene rings is 1. The summed E-state index contributed by atoms with van der Waals surface area (Å²) in [6.07, 6.45) is 3.82. The van der Waals surface area contributed by atoms with Crippen LogP contribution in [0.1, 0.15) is 36.0 Å². The summed E-state index contributed by atoms with van der Waals surface area (Å²) in [5.41, 5.74) is 0.120. The molecule has 0 saturated carbocycles. The average Bonchev–Trinajstić information content (AvgIpc) is 3.23. The van der Waals surface area contributed by atoms with E-state index in [2.05, 4.69) is 0 Å². The molecule has 1 amide bonds. The zero-order valence-electron chi connectivity index (χ0n) is 13.3. The van der Waals surface area contributed by atoms with E-state index in [0.29, 0.717) is 26.3 Å². The molecule has 7 heteroatoms. The number of ether oxygens (including phenoxy) is 2. The van der Waals surface area contributed by atoms with Gasteiger partial charge in [-0.3, -0.25) is 4.79 Å². The molecule has 2 atom stereocenters. The van der Waals surface area contributed by atoms with E-state index in [0.717, 1.165) is 31.7 Å². The van der Waals surface area contributed by atoms with Crippen LogP contribution in [0, 0.1) is 5.82 Å². The third-order valence-corrected chi connectivity index (χ3v) is 5.03. The maximum absolute atomic E-state index is 13.8. The highest BCUT2D eigenvalue weighted by Crippen LogP contribution is 2.27. The summed E-state index contributed by atoms with van der Waals surface area (Å²) in [4.78, 5) is 14.6. The van der Waals surface area contributed by atoms with Gasteiger partial charge < -0.3 is 14.4 Å². The lowest BCUT2D eigenvalue weighted by Gasteiger charge is -2.28. The van der Waals surface area contributed by atoms with Gasteiger partial charge in [0, 0.05) is 26.3 Å². The van der Waals surface area contributed by atoms with E-state index in [9.17, 15) is 9.18 Å². The fourth-order valence-electron chi connectivity index (χ4n) is 3.17. The van der Waals surface area contributed by atoms with Gasteiger partial charge in [0.25, 0.3) is 5.91 Å². The molecule has 24 heavy (non-hydrogen) atoms. The third kappa shape index (κ3) is 4.20. The van der Waals surface area contributed by atoms with Gasteiger partial charge in [-0.05, 0) is 37.8 Å². The van der Waals surface area contributed by atoms with Gasteiger partial charge in [-0.25, -0.2) is 4.39 Å². The molecule has 2 saturated heterocycles. The molecule has 4 nitrogen and oxygen atoms in total. The van der Waals surface area contributed by atoms with Crippen LogP contribution in [-0.2, 0) is 9.47 Å². The molecule has 0 radical (unpaired) electrons. The van der Waals surface area contributed by atoms with Crippen molar-refractivity contribution in [2.75, 3.05) is 26.3 Å². The van der Waals surface area contributed by atoms with Crippen molar-refractivity contribution in [2.45, 2.75) is 37.9 Å². The zero-order chi connectivity index (χ0) is 17.1. The summed E-state index contributed by atoms with van der Waals surface area (Å²) in [6, 6.07) is 2.37. The number of hydrogen-bond donors (Lipinski definition) is 0. The molecule has 0 N–H and O–H groups in total. The number of carbonyl (C=O) groups is 1. The van der Waals surface area contributed by atoms with Gasteiger partial charge >= 0.3 is 0 Å². The lowest BCUT2D eigenvalue weighted by Crippen LogP contribution is -2.42. The minimum atomic E-state index is -0.654. The van der Waals surface area contributed by atoms with Gasteiger partial charge in [0.2, 0.25) is 0 Å². The van der Waals surface area contributed by atoms with Crippen LogP contribution < -0.4 is 0 Å². The van der Waals surface area contributed by atoms with E-state index in [4.69, 9.17) is 32.7 Å². The Morgan fingerprint density at radius 3 is 2.17 bits per heavy atom. The van der Waals surface area contributed by atoms with Crippen LogP contribution >= 0.6 is 23.2 Å². The van der Waals surface area contributed by atoms with Gasteiger partial charge in [-0.15, -0.1) is 0 Å². The number of halogens is 3. The van der Waals surface area contributed by atoms with Crippen molar-refractivity contribution in [1.29, 1.82) is 0 Å². The average molecular weight is 376 g/mol. The minimum Gasteiger partial charge on any atom is -0.376 e. The molecule has 2 aliphatic heterocycles. The van der Waals surface area contributed by atoms with Crippen LogP contribution in [0.4, 0.5) is 4.39 Å². The smallest absolute Gasteiger partial charge is 0.255 e. The van der Waals surface area contributed by atoms with E-state index in [1.54, 1.807) is 4.90 Å². The van der Waals surface area contributed by atoms with E-state index in [-0.39, 0.29) is 33.7 Å². The van der Waals surface area contributed by atoms with Gasteiger partial charge in [-0.1, -0.05) is 23.2 Å². The quantitative estimate of drug-likeness (QED) is 0.731. The Morgan fingerprint density at radius 1 is 1.08 bits per heavy atom. The SMILES string of the molecule is O=C(c1cc(F)c(Cl)cc1Cl)N(C[C@@H]1CCCO1)C[C@@H]1CCCO1. The predicted molar refractivity (Wildman–Crippen MR) is 90.3 cm³/mol. The molecule has 0 spiro atoms. The first-order valence-corrected chi connectivity index (χ1v) is 8.97. The van der Waals surface area contributed by atoms with Gasteiger partial charge in [0.1, 0.15) is 5.82 Å². The van der Waals surface area contributed by atoms with E-state index in [1.807, 2.05) is 0 Å². The van der Waals surface area contributed by atoms with Gasteiger partial charge in [-0.2, -0.15) is 0 Å². The molecule has 2 heterocycles. The number of rotatable bonds is 5. The fourth-order valence-corrected chi connectivity index (χ4v) is 3.63. The first kappa shape index (κ1) is 17.9. The molecular formula is C17H20Cl2FNO3. The summed E-state index contributed by atoms with van der Waals surface area (Å²) in [6.45, 7) is 2.34. The van der Waals surface area contributed by atoms with Crippen LogP contribution in [0.2, 0.25) is 10.0 Å². The number of carbonyl (C=O) groups excluding carboxylic acids is 1. The monoisotopic (exact) mass is 375 g/mol. The molecule has 1 aromatic rings. The van der Waals surface area contributed by atoms with Crippen molar-refractivity contribution >= 4 is 29.1 Å². The second kappa shape index (κ2) is 8.00. The maximum atomic E-state index is 13.8. The molecule has 2 fully saturated rings. The summed E-state index contributed by atoms with van der Waals surface area (Å²) < 4.78 is 25.1. The molecule has 1 aromatic carbocycles. The molecule has 132 valence electrons. The summed E-state index contributed by atoms with van der Waals surface area (Å²) in [7, 11) is 0. The Labute approximate surface area is 150 Å². The standard InChI is InChI=1S/C17H20Cl2FNO3/c18-14-8-15(19)16(20)7-13(14)17(22)21(9-11-3-1-5-23-11)10-12-4-2-6-24-12/h7-8,11-12H,1-6,9-10H2/t11-,12-/m0/s1. The minimum absolute atomic E-state index is 0.00581. The van der Waals surface area contributed by atoms with Gasteiger partial charge in [0.05, 0.1) is 27.8 Å². The number of amides is 1. The summed E-state index contributed by atoms with van der Waals surface area (Å²) in [5, 5.41) is 0.0532. The van der Waals surface area contributed by atoms with E-state index < -0.39 is 5.82 Å². The highest BCUT2D eigenvalue weighted by Gasteiger charge is 2.29. The van der Waals surface area contributed by atoms with Crippen LogP contribution in [0.5, 0.6) is 0 Å². The normalized spacial score (nSPS) is 23.6. The van der Waals surface area contributed by atoms with Crippen molar-refractivity contribution in [3.8, 4) is 0 Å². The second-order valence-corrected chi connectivity index (χ2v) is 7.04. The number of hydrogen-bond acceptors (Lipinski definition) is 3. The number of nitrogens with zero attached hydrogens (tertiary/aromatic N) is 1. The highest BCUT2D eigenvalue weighted by molar-refractivity contribution is 6.36. The predicted octanol–water partition coefficient (Wildman–Crippen LogP) is 3.93.